The number of nitrogens with one attached hydrogen (secondary N) is 1. The Balaban J connectivity index is 1.60. The third-order valence-electron chi connectivity index (χ3n) is 4.40. The summed E-state index contributed by atoms with van der Waals surface area (Å²) in [6.45, 7) is 3.54. The fraction of sp³-hybridized carbons (Fsp3) is 0.250. The maximum Gasteiger partial charge on any atom is 0.269 e. The second-order valence-corrected chi connectivity index (χ2v) is 8.03. The maximum absolute atomic E-state index is 12.3. The first kappa shape index (κ1) is 22.6. The first-order chi connectivity index (χ1) is 14.8. The number of carbonyl (C=O) groups excluding carboxylic acids is 1. The number of aromatic nitrogens is 3. The fourth-order valence-corrected chi connectivity index (χ4v) is 3.71. The Labute approximate surface area is 187 Å². The van der Waals surface area contributed by atoms with Crippen LogP contribution in [0, 0.1) is 17.0 Å². The molecule has 3 rings (SSSR count). The van der Waals surface area contributed by atoms with E-state index in [1.165, 1.54) is 30.0 Å². The topological polar surface area (TPSA) is 112 Å². The van der Waals surface area contributed by atoms with Gasteiger partial charge in [0, 0.05) is 24.9 Å². The largest absolute Gasteiger partial charge is 0.481 e. The van der Waals surface area contributed by atoms with Gasteiger partial charge in [0.05, 0.1) is 15.7 Å². The highest BCUT2D eigenvalue weighted by Crippen LogP contribution is 2.29. The molecule has 11 heteroatoms. The van der Waals surface area contributed by atoms with Crippen LogP contribution in [-0.4, -0.2) is 31.3 Å². The van der Waals surface area contributed by atoms with E-state index < -0.39 is 11.0 Å². The molecular formula is C20H20ClN5O4S. The third kappa shape index (κ3) is 5.53. The number of nitrogens with zero attached hydrogens (tertiary/aromatic N) is 4. The van der Waals surface area contributed by atoms with Crippen molar-refractivity contribution >= 4 is 40.6 Å². The molecule has 0 aliphatic heterocycles. The number of aryl methyl sites for hydroxylation is 1. The summed E-state index contributed by atoms with van der Waals surface area (Å²) < 4.78 is 7.64. The predicted molar refractivity (Wildman–Crippen MR) is 119 cm³/mol. The Morgan fingerprint density at radius 1 is 1.32 bits per heavy atom. The summed E-state index contributed by atoms with van der Waals surface area (Å²) in [6, 6.07) is 11.5. The summed E-state index contributed by atoms with van der Waals surface area (Å²) in [6.07, 6.45) is -0.400. The zero-order valence-corrected chi connectivity index (χ0v) is 18.6. The number of nitro groups is 1. The number of hydrogen-bond donors (Lipinski definition) is 1. The van der Waals surface area contributed by atoms with Crippen molar-refractivity contribution in [3.8, 4) is 5.75 Å². The number of nitro benzene ring substituents is 1. The second kappa shape index (κ2) is 9.80. The van der Waals surface area contributed by atoms with Crippen LogP contribution in [0.15, 0.2) is 47.6 Å². The van der Waals surface area contributed by atoms with E-state index in [2.05, 4.69) is 15.5 Å². The fourth-order valence-electron chi connectivity index (χ4n) is 2.81. The molecule has 0 saturated carbocycles. The van der Waals surface area contributed by atoms with Gasteiger partial charge in [0.2, 0.25) is 5.91 Å². The van der Waals surface area contributed by atoms with E-state index in [0.29, 0.717) is 33.0 Å². The minimum absolute atomic E-state index is 0.0235. The summed E-state index contributed by atoms with van der Waals surface area (Å²) in [7, 11) is 1.79. The minimum atomic E-state index is -0.476. The molecule has 0 fully saturated rings. The Hall–Kier alpha value is -3.11. The second-order valence-electron chi connectivity index (χ2n) is 6.68. The summed E-state index contributed by atoms with van der Waals surface area (Å²) in [5.74, 6) is 0.981. The van der Waals surface area contributed by atoms with Gasteiger partial charge in [-0.1, -0.05) is 35.5 Å². The van der Waals surface area contributed by atoms with Gasteiger partial charge in [0.25, 0.3) is 5.69 Å². The smallest absolute Gasteiger partial charge is 0.269 e. The number of halogens is 1. The average Bonchev–Trinajstić information content (AvgIpc) is 3.10. The van der Waals surface area contributed by atoms with Gasteiger partial charge in [0.15, 0.2) is 17.1 Å². The number of rotatable bonds is 8. The van der Waals surface area contributed by atoms with Gasteiger partial charge in [-0.05, 0) is 37.6 Å². The van der Waals surface area contributed by atoms with Crippen LogP contribution >= 0.6 is 23.4 Å². The molecule has 31 heavy (non-hydrogen) atoms. The van der Waals surface area contributed by atoms with Gasteiger partial charge in [-0.25, -0.2) is 0 Å². The molecule has 0 saturated heterocycles. The zero-order chi connectivity index (χ0) is 22.5. The van der Waals surface area contributed by atoms with Crippen molar-refractivity contribution in [2.45, 2.75) is 25.1 Å². The molecule has 0 radical (unpaired) electrons. The van der Waals surface area contributed by atoms with Crippen molar-refractivity contribution in [1.29, 1.82) is 0 Å². The summed E-state index contributed by atoms with van der Waals surface area (Å²) in [4.78, 5) is 22.7. The molecule has 1 aromatic heterocycles. The monoisotopic (exact) mass is 461 g/mol. The highest BCUT2D eigenvalue weighted by Gasteiger charge is 2.19. The van der Waals surface area contributed by atoms with E-state index in [0.717, 1.165) is 0 Å². The van der Waals surface area contributed by atoms with E-state index in [4.69, 9.17) is 16.3 Å². The summed E-state index contributed by atoms with van der Waals surface area (Å²) in [5, 5.41) is 23.0. The van der Waals surface area contributed by atoms with Gasteiger partial charge in [-0.15, -0.1) is 10.2 Å². The number of para-hydroxylation sites is 1. The SMILES string of the molecule is Cc1cc([N+](=O)[O-])ccc1NC(=O)CSc1nnc(C(C)Oc2ccccc2Cl)n1C. The molecule has 1 N–H and O–H groups in total. The molecule has 3 aromatic rings. The highest BCUT2D eigenvalue weighted by atomic mass is 35.5. The van der Waals surface area contributed by atoms with Gasteiger partial charge < -0.3 is 14.6 Å². The lowest BCUT2D eigenvalue weighted by Gasteiger charge is -2.15. The van der Waals surface area contributed by atoms with E-state index in [1.54, 1.807) is 30.7 Å². The molecule has 0 bridgehead atoms. The van der Waals surface area contributed by atoms with Crippen LogP contribution in [0.3, 0.4) is 0 Å². The van der Waals surface area contributed by atoms with E-state index >= 15 is 0 Å². The molecular weight excluding hydrogens is 442 g/mol. The van der Waals surface area contributed by atoms with Crippen LogP contribution in [0.2, 0.25) is 5.02 Å². The maximum atomic E-state index is 12.3. The molecule has 0 spiro atoms. The molecule has 1 atom stereocenters. The number of non-ortho nitro benzene ring substituents is 1. The number of anilines is 1. The number of amides is 1. The minimum Gasteiger partial charge on any atom is -0.481 e. The lowest BCUT2D eigenvalue weighted by atomic mass is 10.2. The molecule has 2 aromatic carbocycles. The molecule has 1 unspecified atom stereocenters. The Bertz CT molecular complexity index is 1120. The third-order valence-corrected chi connectivity index (χ3v) is 5.73. The number of benzene rings is 2. The Morgan fingerprint density at radius 3 is 2.74 bits per heavy atom. The van der Waals surface area contributed by atoms with Crippen molar-refractivity contribution in [1.82, 2.24) is 14.8 Å². The van der Waals surface area contributed by atoms with Crippen LogP contribution in [0.1, 0.15) is 24.4 Å². The first-order valence-corrected chi connectivity index (χ1v) is 10.6. The Kier molecular flexibility index (Phi) is 7.13. The molecule has 0 aliphatic carbocycles. The normalized spacial score (nSPS) is 11.7. The van der Waals surface area contributed by atoms with Crippen LogP contribution in [0.5, 0.6) is 5.75 Å². The highest BCUT2D eigenvalue weighted by molar-refractivity contribution is 7.99. The van der Waals surface area contributed by atoms with E-state index in [9.17, 15) is 14.9 Å². The predicted octanol–water partition coefficient (Wildman–Crippen LogP) is 4.56. The van der Waals surface area contributed by atoms with E-state index in [1.807, 2.05) is 19.1 Å². The number of ether oxygens (including phenoxy) is 1. The number of hydrogen-bond acceptors (Lipinski definition) is 7. The van der Waals surface area contributed by atoms with Crippen molar-refractivity contribution in [3.05, 3.63) is 69.0 Å². The molecule has 1 amide bonds. The van der Waals surface area contributed by atoms with Crippen LogP contribution in [0.4, 0.5) is 11.4 Å². The molecule has 9 nitrogen and oxygen atoms in total. The van der Waals surface area contributed by atoms with Gasteiger partial charge in [0.1, 0.15) is 5.75 Å². The average molecular weight is 462 g/mol. The molecule has 1 heterocycles. The van der Waals surface area contributed by atoms with Gasteiger partial charge in [-0.3, -0.25) is 14.9 Å². The Morgan fingerprint density at radius 2 is 2.06 bits per heavy atom. The molecule has 0 aliphatic rings. The number of thioether (sulfide) groups is 1. The standard InChI is InChI=1S/C20H20ClN5O4S/c1-12-10-14(26(28)29)8-9-16(12)22-18(27)11-31-20-24-23-19(25(20)3)13(2)30-17-7-5-4-6-15(17)21/h4-10,13H,11H2,1-3H3,(H,22,27). The lowest BCUT2D eigenvalue weighted by Crippen LogP contribution is -2.15. The van der Waals surface area contributed by atoms with Crippen molar-refractivity contribution in [2.75, 3.05) is 11.1 Å². The lowest BCUT2D eigenvalue weighted by molar-refractivity contribution is -0.384. The zero-order valence-electron chi connectivity index (χ0n) is 17.0. The molecule has 162 valence electrons. The van der Waals surface area contributed by atoms with Crippen LogP contribution < -0.4 is 10.1 Å². The summed E-state index contributed by atoms with van der Waals surface area (Å²) >= 11 is 7.36. The van der Waals surface area contributed by atoms with Crippen molar-refractivity contribution in [2.24, 2.45) is 7.05 Å². The first-order valence-electron chi connectivity index (χ1n) is 9.24. The quantitative estimate of drug-likeness (QED) is 0.297. The van der Waals surface area contributed by atoms with Crippen molar-refractivity contribution in [3.63, 3.8) is 0 Å². The van der Waals surface area contributed by atoms with Gasteiger partial charge in [-0.2, -0.15) is 0 Å². The van der Waals surface area contributed by atoms with Crippen LogP contribution in [-0.2, 0) is 11.8 Å². The summed E-state index contributed by atoms with van der Waals surface area (Å²) in [5.41, 5.74) is 1.11. The number of carbonyl (C=O) groups is 1. The van der Waals surface area contributed by atoms with E-state index in [-0.39, 0.29) is 17.3 Å². The van der Waals surface area contributed by atoms with Gasteiger partial charge >= 0.3 is 0 Å². The van der Waals surface area contributed by atoms with Crippen LogP contribution in [0.25, 0.3) is 0 Å². The van der Waals surface area contributed by atoms with Crippen molar-refractivity contribution < 1.29 is 14.5 Å².